The van der Waals surface area contributed by atoms with Crippen LogP contribution in [0.15, 0.2) is 42.5 Å². The van der Waals surface area contributed by atoms with E-state index in [1.54, 1.807) is 0 Å². The molecule has 0 amide bonds. The van der Waals surface area contributed by atoms with Gasteiger partial charge in [-0.2, -0.15) is 13.2 Å². The number of nitrogen functional groups attached to an aromatic ring is 1. The number of rotatable bonds is 3. The maximum absolute atomic E-state index is 12.8. The molecule has 0 unspecified atom stereocenters. The topological polar surface area (TPSA) is 81.2 Å². The quantitative estimate of drug-likeness (QED) is 0.511. The van der Waals surface area contributed by atoms with Crippen molar-refractivity contribution in [1.29, 1.82) is 0 Å². The van der Waals surface area contributed by atoms with Crippen molar-refractivity contribution in [3.05, 3.63) is 58.1 Å². The molecule has 21 heavy (non-hydrogen) atoms. The van der Waals surface area contributed by atoms with Gasteiger partial charge in [-0.15, -0.1) is 0 Å². The number of anilines is 3. The van der Waals surface area contributed by atoms with Gasteiger partial charge in [-0.3, -0.25) is 10.1 Å². The highest BCUT2D eigenvalue weighted by molar-refractivity contribution is 5.71. The number of nitro benzene ring substituents is 1. The predicted molar refractivity (Wildman–Crippen MR) is 72.2 cm³/mol. The van der Waals surface area contributed by atoms with Gasteiger partial charge in [0.1, 0.15) is 5.69 Å². The molecule has 2 aromatic carbocycles. The Morgan fingerprint density at radius 2 is 1.81 bits per heavy atom. The van der Waals surface area contributed by atoms with Crippen molar-refractivity contribution in [2.75, 3.05) is 11.1 Å². The molecule has 0 aliphatic carbocycles. The van der Waals surface area contributed by atoms with Gasteiger partial charge in [-0.1, -0.05) is 12.1 Å². The first kappa shape index (κ1) is 14.6. The second-order valence-corrected chi connectivity index (χ2v) is 4.20. The molecule has 5 nitrogen and oxygen atoms in total. The summed E-state index contributed by atoms with van der Waals surface area (Å²) in [6.07, 6.45) is -4.50. The van der Waals surface area contributed by atoms with E-state index in [0.717, 1.165) is 12.1 Å². The van der Waals surface area contributed by atoms with E-state index < -0.39 is 16.7 Å². The van der Waals surface area contributed by atoms with Crippen molar-refractivity contribution < 1.29 is 18.1 Å². The van der Waals surface area contributed by atoms with Crippen LogP contribution in [0, 0.1) is 10.1 Å². The fraction of sp³-hybridized carbons (Fsp3) is 0.0769. The van der Waals surface area contributed by atoms with Gasteiger partial charge in [-0.25, -0.2) is 0 Å². The Hall–Kier alpha value is -2.77. The minimum Gasteiger partial charge on any atom is -0.393 e. The van der Waals surface area contributed by atoms with E-state index in [1.807, 2.05) is 0 Å². The summed E-state index contributed by atoms with van der Waals surface area (Å²) in [7, 11) is 0. The lowest BCUT2D eigenvalue weighted by atomic mass is 10.1. The van der Waals surface area contributed by atoms with Gasteiger partial charge in [0, 0.05) is 11.8 Å². The summed E-state index contributed by atoms with van der Waals surface area (Å²) in [5.41, 5.74) is 4.31. The number of nitrogens with zero attached hydrogens (tertiary/aromatic N) is 1. The third kappa shape index (κ3) is 3.22. The largest absolute Gasteiger partial charge is 0.418 e. The molecule has 2 rings (SSSR count). The number of hydrogen-bond donors (Lipinski definition) is 2. The first-order valence-electron chi connectivity index (χ1n) is 5.76. The summed E-state index contributed by atoms with van der Waals surface area (Å²) in [5.74, 6) is 0. The number of nitro groups is 1. The van der Waals surface area contributed by atoms with Gasteiger partial charge < -0.3 is 11.1 Å². The zero-order valence-corrected chi connectivity index (χ0v) is 10.5. The van der Waals surface area contributed by atoms with Gasteiger partial charge in [0.15, 0.2) is 0 Å². The molecule has 0 aliphatic rings. The number of halogens is 3. The van der Waals surface area contributed by atoms with Crippen molar-refractivity contribution in [1.82, 2.24) is 0 Å². The number of hydrogen-bond acceptors (Lipinski definition) is 4. The SMILES string of the molecule is Nc1cc(Nc2ccccc2C(F)(F)F)ccc1[N+](=O)[O-]. The molecule has 0 saturated heterocycles. The molecule has 110 valence electrons. The molecule has 0 spiro atoms. The first-order chi connectivity index (χ1) is 9.79. The Bertz CT molecular complexity index is 687. The smallest absolute Gasteiger partial charge is 0.393 e. The number of para-hydroxylation sites is 1. The monoisotopic (exact) mass is 297 g/mol. The van der Waals surface area contributed by atoms with Crippen LogP contribution in [0.2, 0.25) is 0 Å². The van der Waals surface area contributed by atoms with Crippen LogP contribution in [0.1, 0.15) is 5.56 Å². The van der Waals surface area contributed by atoms with Crippen LogP contribution >= 0.6 is 0 Å². The molecule has 0 atom stereocenters. The predicted octanol–water partition coefficient (Wildman–Crippen LogP) is 3.94. The van der Waals surface area contributed by atoms with E-state index in [1.165, 1.54) is 30.3 Å². The number of benzene rings is 2. The lowest BCUT2D eigenvalue weighted by Crippen LogP contribution is -2.08. The second kappa shape index (κ2) is 5.31. The Balaban J connectivity index is 2.35. The maximum atomic E-state index is 12.8. The van der Waals surface area contributed by atoms with E-state index in [2.05, 4.69) is 5.32 Å². The van der Waals surface area contributed by atoms with E-state index >= 15 is 0 Å². The molecule has 8 heteroatoms. The molecule has 2 aromatic rings. The molecular weight excluding hydrogens is 287 g/mol. The molecule has 0 bridgehead atoms. The van der Waals surface area contributed by atoms with Crippen molar-refractivity contribution in [3.63, 3.8) is 0 Å². The summed E-state index contributed by atoms with van der Waals surface area (Å²) in [6, 6.07) is 8.57. The summed E-state index contributed by atoms with van der Waals surface area (Å²) in [4.78, 5) is 9.97. The molecule has 0 aromatic heterocycles. The lowest BCUT2D eigenvalue weighted by molar-refractivity contribution is -0.383. The minimum absolute atomic E-state index is 0.130. The summed E-state index contributed by atoms with van der Waals surface area (Å²) >= 11 is 0. The highest BCUT2D eigenvalue weighted by Crippen LogP contribution is 2.36. The standard InChI is InChI=1S/C13H10F3N3O2/c14-13(15,16)9-3-1-2-4-11(9)18-8-5-6-12(19(20)21)10(17)7-8/h1-7,18H,17H2. The van der Waals surface area contributed by atoms with E-state index in [9.17, 15) is 23.3 Å². The average Bonchev–Trinajstić information content (AvgIpc) is 2.37. The van der Waals surface area contributed by atoms with E-state index in [4.69, 9.17) is 5.73 Å². The van der Waals surface area contributed by atoms with Crippen LogP contribution in [0.5, 0.6) is 0 Å². The number of alkyl halides is 3. The Morgan fingerprint density at radius 1 is 1.14 bits per heavy atom. The molecule has 0 aliphatic heterocycles. The van der Waals surface area contributed by atoms with Crippen LogP contribution in [0.4, 0.5) is 35.9 Å². The zero-order chi connectivity index (χ0) is 15.6. The minimum atomic E-state index is -4.50. The lowest BCUT2D eigenvalue weighted by Gasteiger charge is -2.14. The Labute approximate surface area is 117 Å². The van der Waals surface area contributed by atoms with Gasteiger partial charge in [-0.05, 0) is 24.3 Å². The van der Waals surface area contributed by atoms with Gasteiger partial charge in [0.05, 0.1) is 16.2 Å². The van der Waals surface area contributed by atoms with Gasteiger partial charge >= 0.3 is 6.18 Å². The van der Waals surface area contributed by atoms with Gasteiger partial charge in [0.25, 0.3) is 5.69 Å². The molecule has 3 N–H and O–H groups in total. The summed E-state index contributed by atoms with van der Waals surface area (Å²) in [6.45, 7) is 0. The van der Waals surface area contributed by atoms with Crippen molar-refractivity contribution in [2.24, 2.45) is 0 Å². The third-order valence-corrected chi connectivity index (χ3v) is 2.74. The number of nitrogens with one attached hydrogen (secondary N) is 1. The van der Waals surface area contributed by atoms with E-state index in [0.29, 0.717) is 0 Å². The fourth-order valence-corrected chi connectivity index (χ4v) is 1.79. The highest BCUT2D eigenvalue weighted by Gasteiger charge is 2.33. The first-order valence-corrected chi connectivity index (χ1v) is 5.76. The fourth-order valence-electron chi connectivity index (χ4n) is 1.79. The van der Waals surface area contributed by atoms with Crippen LogP contribution in [0.25, 0.3) is 0 Å². The Morgan fingerprint density at radius 3 is 2.38 bits per heavy atom. The van der Waals surface area contributed by atoms with Crippen LogP contribution in [-0.4, -0.2) is 4.92 Å². The Kier molecular flexibility index (Phi) is 3.70. The molecule has 0 heterocycles. The van der Waals surface area contributed by atoms with Crippen LogP contribution in [-0.2, 0) is 6.18 Å². The molecule has 0 fully saturated rings. The summed E-state index contributed by atoms with van der Waals surface area (Å²) < 4.78 is 38.5. The number of nitrogens with two attached hydrogens (primary N) is 1. The van der Waals surface area contributed by atoms with Gasteiger partial charge in [0.2, 0.25) is 0 Å². The van der Waals surface area contributed by atoms with E-state index in [-0.39, 0.29) is 22.7 Å². The summed E-state index contributed by atoms with van der Waals surface area (Å²) in [5, 5.41) is 13.2. The van der Waals surface area contributed by atoms with Crippen LogP contribution < -0.4 is 11.1 Å². The van der Waals surface area contributed by atoms with Crippen molar-refractivity contribution in [2.45, 2.75) is 6.18 Å². The second-order valence-electron chi connectivity index (χ2n) is 4.20. The normalized spacial score (nSPS) is 11.2. The third-order valence-electron chi connectivity index (χ3n) is 2.74. The van der Waals surface area contributed by atoms with Crippen LogP contribution in [0.3, 0.4) is 0 Å². The molecule has 0 radical (unpaired) electrons. The zero-order valence-electron chi connectivity index (χ0n) is 10.5. The van der Waals surface area contributed by atoms with Crippen molar-refractivity contribution in [3.8, 4) is 0 Å². The van der Waals surface area contributed by atoms with Crippen molar-refractivity contribution >= 4 is 22.7 Å². The molecule has 0 saturated carbocycles. The maximum Gasteiger partial charge on any atom is 0.418 e. The average molecular weight is 297 g/mol. The highest BCUT2D eigenvalue weighted by atomic mass is 19.4. The molecular formula is C13H10F3N3O2.